The van der Waals surface area contributed by atoms with Gasteiger partial charge in [0.05, 0.1) is 15.2 Å². The van der Waals surface area contributed by atoms with Crippen molar-refractivity contribution < 1.29 is 0 Å². The maximum atomic E-state index is 5.78. The molecule has 2 atom stereocenters. The molecule has 2 nitrogen and oxygen atoms in total. The summed E-state index contributed by atoms with van der Waals surface area (Å²) in [5.74, 6) is 0.528. The summed E-state index contributed by atoms with van der Waals surface area (Å²) in [6.45, 7) is 4.33. The van der Waals surface area contributed by atoms with Gasteiger partial charge in [-0.05, 0) is 38.0 Å². The van der Waals surface area contributed by atoms with E-state index in [0.29, 0.717) is 12.0 Å². The summed E-state index contributed by atoms with van der Waals surface area (Å²) in [7, 11) is 0. The van der Waals surface area contributed by atoms with Crippen molar-refractivity contribution in [2.45, 2.75) is 45.1 Å². The number of hydrogen-bond acceptors (Lipinski definition) is 3. The first-order valence-corrected chi connectivity index (χ1v) is 7.99. The van der Waals surface area contributed by atoms with Crippen LogP contribution in [0.5, 0.6) is 0 Å². The second kappa shape index (κ2) is 6.13. The van der Waals surface area contributed by atoms with Gasteiger partial charge in [-0.1, -0.05) is 29.3 Å². The number of benzene rings is 1. The molecule has 0 fully saturated rings. The van der Waals surface area contributed by atoms with Gasteiger partial charge in [0, 0.05) is 16.4 Å². The molecule has 0 bridgehead atoms. The largest absolute Gasteiger partial charge is 0.328 e. The number of thiazole rings is 1. The number of nitrogens with two attached hydrogens (primary N) is 1. The van der Waals surface area contributed by atoms with E-state index in [0.717, 1.165) is 16.4 Å². The maximum Gasteiger partial charge on any atom is 0.0966 e. The molecule has 0 aliphatic rings. The standard InChI is InChI=1S/C14H19BrN2S/c1-9(4-3-5-10(2)16)14-17-12-8-11(15)6-7-13(12)18-14/h6-10H,3-5,16H2,1-2H3. The van der Waals surface area contributed by atoms with Crippen LogP contribution in [0.2, 0.25) is 0 Å². The van der Waals surface area contributed by atoms with Crippen molar-refractivity contribution in [1.82, 2.24) is 4.98 Å². The van der Waals surface area contributed by atoms with Gasteiger partial charge in [-0.3, -0.25) is 0 Å². The van der Waals surface area contributed by atoms with Crippen LogP contribution in [-0.4, -0.2) is 11.0 Å². The SMILES string of the molecule is CC(N)CCCC(C)c1nc2cc(Br)ccc2s1. The van der Waals surface area contributed by atoms with E-state index in [-0.39, 0.29) is 0 Å². The third-order valence-corrected chi connectivity index (χ3v) is 4.85. The Labute approximate surface area is 121 Å². The molecule has 0 amide bonds. The molecule has 0 aliphatic heterocycles. The van der Waals surface area contributed by atoms with Crippen molar-refractivity contribution in [1.29, 1.82) is 0 Å². The van der Waals surface area contributed by atoms with Crippen LogP contribution in [0, 0.1) is 0 Å². The highest BCUT2D eigenvalue weighted by atomic mass is 79.9. The Morgan fingerprint density at radius 1 is 1.33 bits per heavy atom. The fraction of sp³-hybridized carbons (Fsp3) is 0.500. The molecule has 2 rings (SSSR count). The summed E-state index contributed by atoms with van der Waals surface area (Å²) >= 11 is 5.30. The summed E-state index contributed by atoms with van der Waals surface area (Å²) < 4.78 is 2.36. The molecule has 2 aromatic rings. The lowest BCUT2D eigenvalue weighted by Crippen LogP contribution is -2.14. The zero-order valence-corrected chi connectivity index (χ0v) is 13.2. The van der Waals surface area contributed by atoms with Crippen molar-refractivity contribution in [3.05, 3.63) is 27.7 Å². The minimum atomic E-state index is 0.309. The molecule has 0 saturated heterocycles. The predicted octanol–water partition coefficient (Wildman–Crippen LogP) is 4.68. The molecule has 0 aliphatic carbocycles. The van der Waals surface area contributed by atoms with Gasteiger partial charge in [0.2, 0.25) is 0 Å². The minimum Gasteiger partial charge on any atom is -0.328 e. The summed E-state index contributed by atoms with van der Waals surface area (Å²) in [6, 6.07) is 6.60. The fourth-order valence-electron chi connectivity index (χ4n) is 2.00. The zero-order chi connectivity index (χ0) is 13.1. The van der Waals surface area contributed by atoms with E-state index < -0.39 is 0 Å². The molecule has 18 heavy (non-hydrogen) atoms. The molecule has 0 saturated carbocycles. The van der Waals surface area contributed by atoms with Gasteiger partial charge in [0.15, 0.2) is 0 Å². The van der Waals surface area contributed by atoms with Gasteiger partial charge in [0.1, 0.15) is 0 Å². The molecule has 1 aromatic carbocycles. The van der Waals surface area contributed by atoms with Crippen molar-refractivity contribution in [2.24, 2.45) is 5.73 Å². The third kappa shape index (κ3) is 3.53. The average molecular weight is 327 g/mol. The number of rotatable bonds is 5. The smallest absolute Gasteiger partial charge is 0.0966 e. The van der Waals surface area contributed by atoms with E-state index in [9.17, 15) is 0 Å². The first-order valence-electron chi connectivity index (χ1n) is 6.38. The lowest BCUT2D eigenvalue weighted by molar-refractivity contribution is 0.556. The highest BCUT2D eigenvalue weighted by Gasteiger charge is 2.11. The lowest BCUT2D eigenvalue weighted by Gasteiger charge is -2.09. The molecule has 2 unspecified atom stereocenters. The van der Waals surface area contributed by atoms with Gasteiger partial charge in [-0.25, -0.2) is 4.98 Å². The van der Waals surface area contributed by atoms with Crippen molar-refractivity contribution in [3.8, 4) is 0 Å². The lowest BCUT2D eigenvalue weighted by atomic mass is 10.0. The van der Waals surface area contributed by atoms with Crippen molar-refractivity contribution >= 4 is 37.5 Å². The molecule has 0 spiro atoms. The Morgan fingerprint density at radius 3 is 2.83 bits per heavy atom. The monoisotopic (exact) mass is 326 g/mol. The summed E-state index contributed by atoms with van der Waals surface area (Å²) in [4.78, 5) is 4.73. The zero-order valence-electron chi connectivity index (χ0n) is 10.8. The maximum absolute atomic E-state index is 5.78. The van der Waals surface area contributed by atoms with E-state index in [1.54, 1.807) is 0 Å². The molecule has 1 heterocycles. The first-order chi connectivity index (χ1) is 8.56. The molecule has 0 radical (unpaired) electrons. The number of nitrogens with zero attached hydrogens (tertiary/aromatic N) is 1. The van der Waals surface area contributed by atoms with Crippen molar-refractivity contribution in [2.75, 3.05) is 0 Å². The van der Waals surface area contributed by atoms with Crippen LogP contribution >= 0.6 is 27.3 Å². The van der Waals surface area contributed by atoms with Gasteiger partial charge >= 0.3 is 0 Å². The van der Waals surface area contributed by atoms with Crippen LogP contribution in [0.4, 0.5) is 0 Å². The number of halogens is 1. The second-order valence-corrected chi connectivity index (χ2v) is 6.95. The Hall–Kier alpha value is -0.450. The fourth-order valence-corrected chi connectivity index (χ4v) is 3.38. The molecule has 4 heteroatoms. The molecule has 1 aromatic heterocycles. The summed E-state index contributed by atoms with van der Waals surface area (Å²) in [5, 5.41) is 1.24. The second-order valence-electron chi connectivity index (χ2n) is 4.97. The van der Waals surface area contributed by atoms with Gasteiger partial charge in [-0.15, -0.1) is 11.3 Å². The normalized spacial score (nSPS) is 14.9. The van der Waals surface area contributed by atoms with Gasteiger partial charge in [0.25, 0.3) is 0 Å². The molecular weight excluding hydrogens is 308 g/mol. The molecule has 2 N–H and O–H groups in total. The molecular formula is C14H19BrN2S. The summed E-state index contributed by atoms with van der Waals surface area (Å²) in [5.41, 5.74) is 6.88. The Kier molecular flexibility index (Phi) is 4.76. The highest BCUT2D eigenvalue weighted by molar-refractivity contribution is 9.10. The van der Waals surface area contributed by atoms with Crippen molar-refractivity contribution in [3.63, 3.8) is 0 Å². The van der Waals surface area contributed by atoms with Crippen LogP contribution in [0.1, 0.15) is 44.0 Å². The average Bonchev–Trinajstić information content (AvgIpc) is 2.71. The minimum absolute atomic E-state index is 0.309. The predicted molar refractivity (Wildman–Crippen MR) is 83.2 cm³/mol. The third-order valence-electron chi connectivity index (χ3n) is 3.08. The van der Waals surface area contributed by atoms with Crippen LogP contribution in [0.3, 0.4) is 0 Å². The van der Waals surface area contributed by atoms with E-state index in [2.05, 4.69) is 48.0 Å². The van der Waals surface area contributed by atoms with Crippen LogP contribution in [0.25, 0.3) is 10.2 Å². The Bertz CT molecular complexity index is 521. The van der Waals surface area contributed by atoms with Crippen LogP contribution in [-0.2, 0) is 0 Å². The Morgan fingerprint density at radius 2 is 2.11 bits per heavy atom. The topological polar surface area (TPSA) is 38.9 Å². The van der Waals surface area contributed by atoms with E-state index in [1.807, 2.05) is 11.3 Å². The molecule has 98 valence electrons. The van der Waals surface area contributed by atoms with E-state index in [4.69, 9.17) is 10.7 Å². The van der Waals surface area contributed by atoms with Gasteiger partial charge < -0.3 is 5.73 Å². The Balaban J connectivity index is 2.06. The number of fused-ring (bicyclic) bond motifs is 1. The van der Waals surface area contributed by atoms with Gasteiger partial charge in [-0.2, -0.15) is 0 Å². The first kappa shape index (κ1) is 14.0. The quantitative estimate of drug-likeness (QED) is 0.866. The van der Waals surface area contributed by atoms with Crippen LogP contribution in [0.15, 0.2) is 22.7 Å². The highest BCUT2D eigenvalue weighted by Crippen LogP contribution is 2.31. The summed E-state index contributed by atoms with van der Waals surface area (Å²) in [6.07, 6.45) is 3.45. The number of aromatic nitrogens is 1. The van der Waals surface area contributed by atoms with E-state index >= 15 is 0 Å². The van der Waals surface area contributed by atoms with Crippen LogP contribution < -0.4 is 5.73 Å². The van der Waals surface area contributed by atoms with E-state index in [1.165, 1.54) is 22.5 Å². The number of hydrogen-bond donors (Lipinski definition) is 1.